The van der Waals surface area contributed by atoms with E-state index in [-0.39, 0.29) is 0 Å². The molecule has 11 aromatic rings. The lowest BCUT2D eigenvalue weighted by atomic mass is 9.94. The Kier molecular flexibility index (Phi) is 8.11. The van der Waals surface area contributed by atoms with E-state index in [0.29, 0.717) is 0 Å². The molecule has 4 heteroatoms. The average Bonchev–Trinajstić information content (AvgIpc) is 3.31. The van der Waals surface area contributed by atoms with Gasteiger partial charge in [-0.3, -0.25) is 4.98 Å². The Bertz CT molecular complexity index is 3260. The van der Waals surface area contributed by atoms with Crippen LogP contribution >= 0.6 is 0 Å². The maximum absolute atomic E-state index is 5.25. The van der Waals surface area contributed by atoms with E-state index in [2.05, 4.69) is 199 Å². The van der Waals surface area contributed by atoms with Gasteiger partial charge in [0, 0.05) is 44.4 Å². The highest BCUT2D eigenvalue weighted by molar-refractivity contribution is 6.03. The van der Waals surface area contributed by atoms with Gasteiger partial charge in [0.15, 0.2) is 0 Å². The van der Waals surface area contributed by atoms with Gasteiger partial charge in [-0.1, -0.05) is 146 Å². The monoisotopic (exact) mass is 738 g/mol. The highest BCUT2D eigenvalue weighted by Crippen LogP contribution is 2.35. The third-order valence-electron chi connectivity index (χ3n) is 11.1. The summed E-state index contributed by atoms with van der Waals surface area (Å²) in [5, 5.41) is 4.37. The zero-order valence-corrected chi connectivity index (χ0v) is 31.4. The number of pyridine rings is 4. The molecule has 0 saturated heterocycles. The summed E-state index contributed by atoms with van der Waals surface area (Å²) in [7, 11) is 0. The first-order valence-electron chi connectivity index (χ1n) is 19.5. The standard InChI is InChI=1S/C54H34N4/c1-3-8-35(9-4-1)45-30-46(36-10-5-2-6-11-36)32-47(31-45)50-27-24-40-18-22-44(34-52(40)57-50)43-21-17-39-23-26-48(56-51(39)33-43)37-13-15-38(16-14-37)49-28-25-42-20-19-41-12-7-29-55-53(41)54(42)58-49/h1-34H. The first kappa shape index (κ1) is 33.5. The molecule has 58 heavy (non-hydrogen) atoms. The van der Waals surface area contributed by atoms with E-state index in [4.69, 9.17) is 15.0 Å². The topological polar surface area (TPSA) is 51.6 Å². The quantitative estimate of drug-likeness (QED) is 0.159. The zero-order chi connectivity index (χ0) is 38.4. The molecule has 4 heterocycles. The summed E-state index contributed by atoms with van der Waals surface area (Å²) in [4.78, 5) is 20.1. The molecule has 7 aromatic carbocycles. The molecule has 0 bridgehead atoms. The largest absolute Gasteiger partial charge is 0.254 e. The minimum absolute atomic E-state index is 0.917. The molecule has 0 unspecified atom stereocenters. The highest BCUT2D eigenvalue weighted by atomic mass is 14.8. The van der Waals surface area contributed by atoms with Crippen molar-refractivity contribution in [2.24, 2.45) is 0 Å². The lowest BCUT2D eigenvalue weighted by Gasteiger charge is -2.12. The molecule has 0 N–H and O–H groups in total. The summed E-state index contributed by atoms with van der Waals surface area (Å²) in [6.07, 6.45) is 1.83. The Balaban J connectivity index is 0.914. The van der Waals surface area contributed by atoms with Crippen LogP contribution in [0.5, 0.6) is 0 Å². The Labute approximate surface area is 335 Å². The van der Waals surface area contributed by atoms with Crippen molar-refractivity contribution in [1.29, 1.82) is 0 Å². The number of nitrogens with zero attached hydrogens (tertiary/aromatic N) is 4. The van der Waals surface area contributed by atoms with Crippen LogP contribution in [0.15, 0.2) is 206 Å². The third-order valence-corrected chi connectivity index (χ3v) is 11.1. The van der Waals surface area contributed by atoms with E-state index < -0.39 is 0 Å². The summed E-state index contributed by atoms with van der Waals surface area (Å²) < 4.78 is 0. The van der Waals surface area contributed by atoms with Gasteiger partial charge in [-0.25, -0.2) is 15.0 Å². The lowest BCUT2D eigenvalue weighted by Crippen LogP contribution is -1.90. The van der Waals surface area contributed by atoms with Gasteiger partial charge >= 0.3 is 0 Å². The maximum Gasteiger partial charge on any atom is 0.0972 e. The summed E-state index contributed by atoms with van der Waals surface area (Å²) in [6.45, 7) is 0. The molecule has 270 valence electrons. The summed E-state index contributed by atoms with van der Waals surface area (Å²) in [5.41, 5.74) is 16.6. The van der Waals surface area contributed by atoms with E-state index in [1.807, 2.05) is 12.3 Å². The van der Waals surface area contributed by atoms with Crippen LogP contribution in [0.1, 0.15) is 0 Å². The van der Waals surface area contributed by atoms with Gasteiger partial charge in [0.1, 0.15) is 0 Å². The predicted molar refractivity (Wildman–Crippen MR) is 240 cm³/mol. The smallest absolute Gasteiger partial charge is 0.0972 e. The lowest BCUT2D eigenvalue weighted by molar-refractivity contribution is 1.36. The van der Waals surface area contributed by atoms with Crippen LogP contribution in [-0.4, -0.2) is 19.9 Å². The Morgan fingerprint density at radius 1 is 0.241 bits per heavy atom. The van der Waals surface area contributed by atoms with Gasteiger partial charge in [-0.05, 0) is 88.0 Å². The molecule has 0 radical (unpaired) electrons. The Morgan fingerprint density at radius 2 is 0.672 bits per heavy atom. The molecule has 11 rings (SSSR count). The van der Waals surface area contributed by atoms with Crippen LogP contribution in [0.3, 0.4) is 0 Å². The molecule has 0 spiro atoms. The Morgan fingerprint density at radius 3 is 1.24 bits per heavy atom. The van der Waals surface area contributed by atoms with Gasteiger partial charge in [0.25, 0.3) is 0 Å². The van der Waals surface area contributed by atoms with Crippen molar-refractivity contribution in [3.05, 3.63) is 206 Å². The van der Waals surface area contributed by atoms with Crippen molar-refractivity contribution in [3.63, 3.8) is 0 Å². The van der Waals surface area contributed by atoms with Crippen LogP contribution in [0.2, 0.25) is 0 Å². The van der Waals surface area contributed by atoms with E-state index >= 15 is 0 Å². The van der Waals surface area contributed by atoms with E-state index in [1.54, 1.807) is 0 Å². The summed E-state index contributed by atoms with van der Waals surface area (Å²) >= 11 is 0. The van der Waals surface area contributed by atoms with Crippen molar-refractivity contribution < 1.29 is 0 Å². The first-order valence-corrected chi connectivity index (χ1v) is 19.5. The molecule has 0 aliphatic rings. The van der Waals surface area contributed by atoms with Gasteiger partial charge in [-0.2, -0.15) is 0 Å². The van der Waals surface area contributed by atoms with Gasteiger partial charge in [0.2, 0.25) is 0 Å². The molecule has 4 nitrogen and oxygen atoms in total. The SMILES string of the molecule is c1ccc(-c2cc(-c3ccccc3)cc(-c3ccc4ccc(-c5ccc6ccc(-c7ccc(-c8ccc9ccc%10cccnc%10c9n8)cc7)nc6c5)cc4n3)c2)cc1. The zero-order valence-electron chi connectivity index (χ0n) is 31.4. The van der Waals surface area contributed by atoms with Gasteiger partial charge in [-0.15, -0.1) is 0 Å². The fraction of sp³-hybridized carbons (Fsp3) is 0. The number of rotatable bonds is 6. The molecular formula is C54H34N4. The molecule has 0 aliphatic carbocycles. The molecule has 0 saturated carbocycles. The predicted octanol–water partition coefficient (Wildman–Crippen LogP) is 13.9. The second-order valence-corrected chi connectivity index (χ2v) is 14.7. The minimum Gasteiger partial charge on any atom is -0.254 e. The molecule has 0 amide bonds. The van der Waals surface area contributed by atoms with Gasteiger partial charge in [0.05, 0.1) is 39.1 Å². The van der Waals surface area contributed by atoms with Crippen LogP contribution in [0, 0.1) is 0 Å². The number of hydrogen-bond donors (Lipinski definition) is 0. The molecule has 0 fully saturated rings. The van der Waals surface area contributed by atoms with Crippen LogP contribution in [0.4, 0.5) is 0 Å². The molecule has 0 atom stereocenters. The van der Waals surface area contributed by atoms with Crippen molar-refractivity contribution in [2.45, 2.75) is 0 Å². The average molecular weight is 739 g/mol. The van der Waals surface area contributed by atoms with Crippen LogP contribution in [-0.2, 0) is 0 Å². The molecule has 4 aromatic heterocycles. The van der Waals surface area contributed by atoms with Crippen molar-refractivity contribution in [1.82, 2.24) is 19.9 Å². The van der Waals surface area contributed by atoms with Crippen molar-refractivity contribution in [3.8, 4) is 67.2 Å². The molecule has 0 aliphatic heterocycles. The second-order valence-electron chi connectivity index (χ2n) is 14.7. The fourth-order valence-corrected chi connectivity index (χ4v) is 7.98. The number of aromatic nitrogens is 4. The number of fused-ring (bicyclic) bond motifs is 5. The minimum atomic E-state index is 0.917. The van der Waals surface area contributed by atoms with Crippen molar-refractivity contribution >= 4 is 43.6 Å². The van der Waals surface area contributed by atoms with Crippen LogP contribution < -0.4 is 0 Å². The second kappa shape index (κ2) is 14.0. The first-order chi connectivity index (χ1) is 28.7. The fourth-order valence-electron chi connectivity index (χ4n) is 7.98. The third kappa shape index (κ3) is 6.23. The van der Waals surface area contributed by atoms with E-state index in [9.17, 15) is 0 Å². The van der Waals surface area contributed by atoms with Crippen molar-refractivity contribution in [2.75, 3.05) is 0 Å². The summed E-state index contributed by atoms with van der Waals surface area (Å²) in [6, 6.07) is 70.5. The maximum atomic E-state index is 5.25. The molecular weight excluding hydrogens is 705 g/mol. The van der Waals surface area contributed by atoms with E-state index in [0.717, 1.165) is 88.5 Å². The van der Waals surface area contributed by atoms with Crippen LogP contribution in [0.25, 0.3) is 111 Å². The highest BCUT2D eigenvalue weighted by Gasteiger charge is 2.12. The van der Waals surface area contributed by atoms with E-state index in [1.165, 1.54) is 22.3 Å². The number of hydrogen-bond acceptors (Lipinski definition) is 4. The normalized spacial score (nSPS) is 11.4. The summed E-state index contributed by atoms with van der Waals surface area (Å²) in [5.74, 6) is 0. The number of benzene rings is 7. The Hall–Kier alpha value is -7.82. The van der Waals surface area contributed by atoms with Gasteiger partial charge < -0.3 is 0 Å².